The van der Waals surface area contributed by atoms with Gasteiger partial charge < -0.3 is 14.8 Å². The van der Waals surface area contributed by atoms with Crippen molar-refractivity contribution in [2.75, 3.05) is 11.9 Å². The summed E-state index contributed by atoms with van der Waals surface area (Å²) in [6, 6.07) is 11.9. The van der Waals surface area contributed by atoms with Crippen LogP contribution in [0.15, 0.2) is 66.4 Å². The van der Waals surface area contributed by atoms with Crippen LogP contribution in [0.3, 0.4) is 0 Å². The van der Waals surface area contributed by atoms with E-state index in [-0.39, 0.29) is 13.2 Å². The van der Waals surface area contributed by atoms with Crippen LogP contribution in [-0.2, 0) is 16.1 Å². The highest BCUT2D eigenvalue weighted by molar-refractivity contribution is 6.35. The van der Waals surface area contributed by atoms with Gasteiger partial charge in [0.15, 0.2) is 0 Å². The molecule has 164 valence electrons. The number of hydrogen-bond donors (Lipinski definition) is 1. The molecule has 0 aliphatic carbocycles. The molecular weight excluding hydrogens is 453 g/mol. The molecule has 0 radical (unpaired) electrons. The molecule has 0 saturated heterocycles. The van der Waals surface area contributed by atoms with Crippen LogP contribution in [0.4, 0.5) is 5.95 Å². The summed E-state index contributed by atoms with van der Waals surface area (Å²) in [5.74, 6) is 0.452. The van der Waals surface area contributed by atoms with Crippen LogP contribution in [0.1, 0.15) is 24.1 Å². The molecule has 0 spiro atoms. The first-order valence-electron chi connectivity index (χ1n) is 9.69. The number of fused-ring (bicyclic) bond motifs is 1. The second kappa shape index (κ2) is 9.42. The van der Waals surface area contributed by atoms with Crippen LogP contribution in [-0.4, -0.2) is 32.8 Å². The number of benzene rings is 2. The maximum Gasteiger partial charge on any atom is 0.338 e. The number of esters is 1. The van der Waals surface area contributed by atoms with E-state index < -0.39 is 12.0 Å². The summed E-state index contributed by atoms with van der Waals surface area (Å²) in [6.45, 7) is 5.66. The van der Waals surface area contributed by atoms with Crippen LogP contribution in [0.5, 0.6) is 5.75 Å². The summed E-state index contributed by atoms with van der Waals surface area (Å²) in [6.07, 6.45) is 1.51. The number of carbonyl (C=O) groups excluding carboxylic acids is 1. The molecule has 3 aromatic rings. The minimum atomic E-state index is -0.657. The zero-order valence-corrected chi connectivity index (χ0v) is 18.6. The second-order valence-electron chi connectivity index (χ2n) is 6.96. The molecule has 1 atom stereocenters. The Bertz CT molecular complexity index is 1210. The number of allylic oxidation sites excluding steroid dienone is 1. The molecule has 0 fully saturated rings. The molecule has 8 nitrogen and oxygen atoms in total. The third-order valence-electron chi connectivity index (χ3n) is 4.88. The van der Waals surface area contributed by atoms with Crippen molar-refractivity contribution in [3.63, 3.8) is 0 Å². The van der Waals surface area contributed by atoms with E-state index in [0.29, 0.717) is 38.6 Å². The summed E-state index contributed by atoms with van der Waals surface area (Å²) in [4.78, 5) is 12.9. The van der Waals surface area contributed by atoms with Crippen molar-refractivity contribution in [1.29, 1.82) is 0 Å². The van der Waals surface area contributed by atoms with Crippen LogP contribution < -0.4 is 10.1 Å². The van der Waals surface area contributed by atoms with E-state index in [1.165, 1.54) is 10.8 Å². The van der Waals surface area contributed by atoms with Gasteiger partial charge in [-0.15, -0.1) is 0 Å². The van der Waals surface area contributed by atoms with Crippen molar-refractivity contribution < 1.29 is 14.3 Å². The summed E-state index contributed by atoms with van der Waals surface area (Å²) in [7, 11) is 0. The molecule has 0 saturated carbocycles. The Morgan fingerprint density at radius 2 is 2.09 bits per heavy atom. The number of halogens is 2. The van der Waals surface area contributed by atoms with Crippen LogP contribution >= 0.6 is 23.2 Å². The van der Waals surface area contributed by atoms with E-state index >= 15 is 0 Å². The molecule has 1 aliphatic heterocycles. The Labute approximate surface area is 194 Å². The van der Waals surface area contributed by atoms with Crippen molar-refractivity contribution in [3.8, 4) is 5.75 Å². The van der Waals surface area contributed by atoms with Gasteiger partial charge in [0.2, 0.25) is 5.95 Å². The Morgan fingerprint density at radius 3 is 2.88 bits per heavy atom. The molecule has 2 aromatic carbocycles. The van der Waals surface area contributed by atoms with E-state index in [1.54, 1.807) is 25.1 Å². The third kappa shape index (κ3) is 4.32. The van der Waals surface area contributed by atoms with E-state index in [0.717, 1.165) is 5.56 Å². The van der Waals surface area contributed by atoms with Gasteiger partial charge in [0.05, 0.1) is 5.57 Å². The zero-order valence-electron chi connectivity index (χ0n) is 17.1. The topological polar surface area (TPSA) is 91.2 Å². The fraction of sp³-hybridized carbons (Fsp3) is 0.182. The van der Waals surface area contributed by atoms with Crippen LogP contribution in [0.2, 0.25) is 10.0 Å². The number of nitrogens with zero attached hydrogens (tertiary/aromatic N) is 4. The van der Waals surface area contributed by atoms with E-state index in [1.807, 2.05) is 24.3 Å². The first-order chi connectivity index (χ1) is 15.5. The molecular formula is C22H19Cl2N5O3. The normalized spacial score (nSPS) is 15.0. The van der Waals surface area contributed by atoms with Gasteiger partial charge in [0, 0.05) is 26.9 Å². The number of aromatic nitrogens is 4. The maximum absolute atomic E-state index is 12.9. The lowest BCUT2D eigenvalue weighted by molar-refractivity contribution is -0.138. The number of ether oxygens (including phenoxy) is 2. The van der Waals surface area contributed by atoms with Crippen molar-refractivity contribution in [1.82, 2.24) is 20.2 Å². The number of nitrogens with one attached hydrogen (secondary N) is 1. The predicted molar refractivity (Wildman–Crippen MR) is 121 cm³/mol. The monoisotopic (exact) mass is 471 g/mol. The number of hydrogen-bond acceptors (Lipinski definition) is 7. The molecule has 0 amide bonds. The SMILES string of the molecule is C=CCOC(=O)C1=C(C)Nc2nnnn2C1c1ccccc1OCc1ccc(Cl)cc1Cl. The molecule has 2 heterocycles. The highest BCUT2D eigenvalue weighted by Gasteiger charge is 2.36. The van der Waals surface area contributed by atoms with Crippen molar-refractivity contribution >= 4 is 35.1 Å². The number of anilines is 1. The highest BCUT2D eigenvalue weighted by Crippen LogP contribution is 2.39. The van der Waals surface area contributed by atoms with Gasteiger partial charge in [0.1, 0.15) is 25.0 Å². The molecule has 0 bridgehead atoms. The Kier molecular flexibility index (Phi) is 6.43. The maximum atomic E-state index is 12.9. The van der Waals surface area contributed by atoms with Gasteiger partial charge in [-0.2, -0.15) is 4.68 Å². The van der Waals surface area contributed by atoms with Gasteiger partial charge in [-0.05, 0) is 35.5 Å². The quantitative estimate of drug-likeness (QED) is 0.398. The van der Waals surface area contributed by atoms with Crippen molar-refractivity contribution in [2.24, 2.45) is 0 Å². The minimum absolute atomic E-state index is 0.0814. The third-order valence-corrected chi connectivity index (χ3v) is 5.47. The van der Waals surface area contributed by atoms with Crippen molar-refractivity contribution in [3.05, 3.63) is 87.6 Å². The van der Waals surface area contributed by atoms with Crippen LogP contribution in [0.25, 0.3) is 0 Å². The van der Waals surface area contributed by atoms with Gasteiger partial charge in [-0.25, -0.2) is 4.79 Å². The molecule has 1 aliphatic rings. The first kappa shape index (κ1) is 21.9. The molecule has 10 heteroatoms. The fourth-order valence-corrected chi connectivity index (χ4v) is 3.87. The average Bonchev–Trinajstić information content (AvgIpc) is 3.24. The smallest absolute Gasteiger partial charge is 0.338 e. The molecule has 1 unspecified atom stereocenters. The van der Waals surface area contributed by atoms with E-state index in [4.69, 9.17) is 32.7 Å². The highest BCUT2D eigenvalue weighted by atomic mass is 35.5. The van der Waals surface area contributed by atoms with Gasteiger partial charge in [0.25, 0.3) is 0 Å². The summed E-state index contributed by atoms with van der Waals surface area (Å²) in [5, 5.41) is 15.9. The van der Waals surface area contributed by atoms with Gasteiger partial charge in [-0.1, -0.05) is 65.2 Å². The fourth-order valence-electron chi connectivity index (χ4n) is 3.41. The lowest BCUT2D eigenvalue weighted by Gasteiger charge is -2.28. The minimum Gasteiger partial charge on any atom is -0.488 e. The summed E-state index contributed by atoms with van der Waals surface area (Å²) >= 11 is 12.3. The summed E-state index contributed by atoms with van der Waals surface area (Å²) in [5.41, 5.74) is 2.42. The molecule has 4 rings (SSSR count). The van der Waals surface area contributed by atoms with Crippen LogP contribution in [0, 0.1) is 0 Å². The average molecular weight is 472 g/mol. The summed E-state index contributed by atoms with van der Waals surface area (Å²) < 4.78 is 13.0. The Balaban J connectivity index is 1.72. The second-order valence-corrected chi connectivity index (χ2v) is 7.81. The number of rotatable bonds is 7. The number of tetrazole rings is 1. The van der Waals surface area contributed by atoms with E-state index in [9.17, 15) is 4.79 Å². The molecule has 32 heavy (non-hydrogen) atoms. The van der Waals surface area contributed by atoms with Gasteiger partial charge in [-0.3, -0.25) is 0 Å². The largest absolute Gasteiger partial charge is 0.488 e. The number of para-hydroxylation sites is 1. The number of carbonyl (C=O) groups is 1. The van der Waals surface area contributed by atoms with E-state index in [2.05, 4.69) is 27.4 Å². The molecule has 1 aromatic heterocycles. The van der Waals surface area contributed by atoms with Crippen molar-refractivity contribution in [2.45, 2.75) is 19.6 Å². The predicted octanol–water partition coefficient (Wildman–Crippen LogP) is 4.58. The lowest BCUT2D eigenvalue weighted by atomic mass is 9.95. The zero-order chi connectivity index (χ0) is 22.7. The lowest BCUT2D eigenvalue weighted by Crippen LogP contribution is -2.30. The Hall–Kier alpha value is -3.36. The van der Waals surface area contributed by atoms with Gasteiger partial charge >= 0.3 is 5.97 Å². The standard InChI is InChI=1S/C22H19Cl2N5O3/c1-3-10-31-21(30)19-13(2)25-22-26-27-28-29(22)20(19)16-6-4-5-7-18(16)32-12-14-8-9-15(23)11-17(14)24/h3-9,11,20H,1,10,12H2,2H3,(H,25,26,28). The molecule has 1 N–H and O–H groups in total. The first-order valence-corrected chi connectivity index (χ1v) is 10.4. The Morgan fingerprint density at radius 1 is 1.28 bits per heavy atom.